The second-order valence-corrected chi connectivity index (χ2v) is 7.24. The summed E-state index contributed by atoms with van der Waals surface area (Å²) in [6.07, 6.45) is 0. The molecule has 1 heterocycles. The summed E-state index contributed by atoms with van der Waals surface area (Å²) in [7, 11) is 0. The second kappa shape index (κ2) is 10.4. The van der Waals surface area contributed by atoms with Crippen molar-refractivity contribution in [3.05, 3.63) is 73.7 Å². The normalized spacial score (nSPS) is 9.75. The lowest BCUT2D eigenvalue weighted by molar-refractivity contribution is -0.763. The van der Waals surface area contributed by atoms with Crippen molar-refractivity contribution in [3.63, 3.8) is 0 Å². The molecule has 0 unspecified atom stereocenters. The first kappa shape index (κ1) is 21.3. The van der Waals surface area contributed by atoms with Gasteiger partial charge in [0.1, 0.15) is 12.4 Å². The molecule has 2 aromatic carbocycles. The van der Waals surface area contributed by atoms with Gasteiger partial charge in [0.15, 0.2) is 3.95 Å². The lowest BCUT2D eigenvalue weighted by Crippen LogP contribution is -2.08. The molecule has 9 nitrogen and oxygen atoms in total. The smallest absolute Gasteiger partial charge is 0.343 e. The summed E-state index contributed by atoms with van der Waals surface area (Å²) in [6.45, 7) is -0.148. The number of thiol groups is 1. The van der Waals surface area contributed by atoms with Crippen LogP contribution in [0.2, 0.25) is 0 Å². The van der Waals surface area contributed by atoms with Crippen molar-refractivity contribution in [1.82, 2.24) is 10.2 Å². The summed E-state index contributed by atoms with van der Waals surface area (Å²) < 4.78 is 5.81. The van der Waals surface area contributed by atoms with Crippen LogP contribution in [0.4, 0.5) is 5.13 Å². The van der Waals surface area contributed by atoms with Gasteiger partial charge in [-0.15, -0.1) is 27.8 Å². The number of benzene rings is 2. The summed E-state index contributed by atoms with van der Waals surface area (Å²) >= 11 is 10.1. The highest BCUT2D eigenvalue weighted by Gasteiger charge is 2.08. The topological polar surface area (TPSA) is 133 Å². The van der Waals surface area contributed by atoms with Crippen LogP contribution in [0.3, 0.4) is 0 Å². The molecule has 0 saturated heterocycles. The number of nitrogen functional groups attached to an aromatic ring is 1. The van der Waals surface area contributed by atoms with E-state index in [4.69, 9.17) is 10.5 Å². The van der Waals surface area contributed by atoms with E-state index in [0.29, 0.717) is 26.0 Å². The molecule has 1 aromatic heterocycles. The molecule has 0 aliphatic rings. The van der Waals surface area contributed by atoms with Gasteiger partial charge in [-0.25, -0.2) is 4.79 Å². The highest BCUT2D eigenvalue weighted by Crippen LogP contribution is 2.16. The average molecular weight is 439 g/mol. The summed E-state index contributed by atoms with van der Waals surface area (Å²) in [5.74, 6) is -0.141. The third-order valence-electron chi connectivity index (χ3n) is 3.03. The molecule has 28 heavy (non-hydrogen) atoms. The molecule has 0 aliphatic carbocycles. The van der Waals surface area contributed by atoms with E-state index in [9.17, 15) is 14.9 Å². The monoisotopic (exact) mass is 438 g/mol. The Labute approximate surface area is 173 Å². The van der Waals surface area contributed by atoms with Gasteiger partial charge in [-0.3, -0.25) is 5.10 Å². The number of ether oxygens (including phenoxy) is 1. The maximum absolute atomic E-state index is 11.9. The minimum Gasteiger partial charge on any atom is -0.423 e. The number of carbonyl (C=O) groups excluding carboxylic acids is 1. The summed E-state index contributed by atoms with van der Waals surface area (Å²) in [5, 5.41) is 15.8. The molecule has 3 aromatic rings. The molecular weight excluding hydrogens is 424 g/mol. The number of anilines is 1. The first-order valence-corrected chi connectivity index (χ1v) is 9.19. The molecule has 3 N–H and O–H groups in total. The van der Waals surface area contributed by atoms with Gasteiger partial charge >= 0.3 is 5.97 Å². The minimum absolute atomic E-state index is 0.148. The van der Waals surface area contributed by atoms with Crippen LogP contribution in [0.15, 0.2) is 53.4 Å². The summed E-state index contributed by atoms with van der Waals surface area (Å²) in [4.78, 5) is 26.9. The fraction of sp³-hybridized carbons (Fsp3) is 0.0625. The van der Waals surface area contributed by atoms with Gasteiger partial charge in [-0.05, 0) is 54.2 Å². The minimum atomic E-state index is -0.862. The van der Waals surface area contributed by atoms with Crippen LogP contribution in [0, 0.1) is 14.1 Å². The highest BCUT2D eigenvalue weighted by molar-refractivity contribution is 7.80. The number of nitrogens with two attached hydrogens (primary N) is 1. The Morgan fingerprint density at radius 3 is 2.36 bits per heavy atom. The van der Waals surface area contributed by atoms with Gasteiger partial charge in [-0.2, -0.15) is 0 Å². The SMILES string of the molecule is Nc1n[nH]c(=S)s1.O=C(Oc1ccc(CO[N+](=O)[O-])cc1)c1ccc(S)cc1. The highest BCUT2D eigenvalue weighted by atomic mass is 32.1. The molecule has 146 valence electrons. The predicted octanol–water partition coefficient (Wildman–Crippen LogP) is 3.69. The van der Waals surface area contributed by atoms with E-state index in [-0.39, 0.29) is 6.61 Å². The van der Waals surface area contributed by atoms with Gasteiger partial charge in [0.2, 0.25) is 5.13 Å². The Kier molecular flexibility index (Phi) is 7.92. The number of aromatic nitrogens is 2. The standard InChI is InChI=1S/C14H11NO5S.C2H3N3S2/c16-14(11-3-7-13(21)8-4-11)20-12-5-1-10(2-6-12)9-19-15(17)18;3-1-4-5-2(6)7-1/h1-8,21H,9H2;(H2,3,4)(H,5,6). The van der Waals surface area contributed by atoms with E-state index in [0.717, 1.165) is 4.90 Å². The number of aromatic amines is 1. The molecule has 0 radical (unpaired) electrons. The molecule has 0 saturated carbocycles. The number of rotatable bonds is 5. The lowest BCUT2D eigenvalue weighted by Gasteiger charge is -2.05. The molecule has 0 fully saturated rings. The average Bonchev–Trinajstić information content (AvgIpc) is 3.05. The lowest BCUT2D eigenvalue weighted by atomic mass is 10.2. The van der Waals surface area contributed by atoms with E-state index < -0.39 is 11.1 Å². The Morgan fingerprint density at radius 2 is 1.89 bits per heavy atom. The molecule has 3 rings (SSSR count). The third-order valence-corrected chi connectivity index (χ3v) is 4.24. The fourth-order valence-electron chi connectivity index (χ4n) is 1.79. The first-order chi connectivity index (χ1) is 13.3. The third kappa shape index (κ3) is 7.34. The van der Waals surface area contributed by atoms with Crippen molar-refractivity contribution < 1.29 is 19.5 Å². The summed E-state index contributed by atoms with van der Waals surface area (Å²) in [6, 6.07) is 12.9. The van der Waals surface area contributed by atoms with Crippen molar-refractivity contribution in [2.24, 2.45) is 0 Å². The Bertz CT molecular complexity index is 987. The van der Waals surface area contributed by atoms with Crippen LogP contribution in [-0.4, -0.2) is 21.3 Å². The molecule has 0 atom stereocenters. The van der Waals surface area contributed by atoms with E-state index in [1.165, 1.54) is 11.3 Å². The number of carbonyl (C=O) groups is 1. The van der Waals surface area contributed by atoms with Crippen molar-refractivity contribution in [2.75, 3.05) is 5.73 Å². The van der Waals surface area contributed by atoms with Gasteiger partial charge in [0, 0.05) is 4.90 Å². The number of hydrogen-bond donors (Lipinski definition) is 3. The van der Waals surface area contributed by atoms with Crippen molar-refractivity contribution in [1.29, 1.82) is 0 Å². The molecule has 0 amide bonds. The van der Waals surface area contributed by atoms with E-state index in [1.54, 1.807) is 48.5 Å². The molecule has 0 aliphatic heterocycles. The van der Waals surface area contributed by atoms with E-state index in [1.807, 2.05) is 0 Å². The van der Waals surface area contributed by atoms with Crippen molar-refractivity contribution in [2.45, 2.75) is 11.5 Å². The van der Waals surface area contributed by atoms with E-state index >= 15 is 0 Å². The Hall–Kier alpha value is -2.96. The molecule has 0 spiro atoms. The van der Waals surface area contributed by atoms with Gasteiger partial charge in [0.25, 0.3) is 5.09 Å². The molecule has 12 heteroatoms. The zero-order valence-electron chi connectivity index (χ0n) is 14.1. The van der Waals surface area contributed by atoms with Crippen LogP contribution in [0.1, 0.15) is 15.9 Å². The Balaban J connectivity index is 0.000000336. The van der Waals surface area contributed by atoms with Crippen LogP contribution in [0.5, 0.6) is 5.75 Å². The van der Waals surface area contributed by atoms with E-state index in [2.05, 4.69) is 39.9 Å². The number of nitrogens with one attached hydrogen (secondary N) is 1. The molecular formula is C16H14N4O5S3. The maximum Gasteiger partial charge on any atom is 0.343 e. The van der Waals surface area contributed by atoms with Crippen LogP contribution < -0.4 is 10.5 Å². The number of hydrogen-bond acceptors (Lipinski definition) is 10. The summed E-state index contributed by atoms with van der Waals surface area (Å²) in [5.41, 5.74) is 6.20. The largest absolute Gasteiger partial charge is 0.423 e. The second-order valence-electron chi connectivity index (χ2n) is 5.03. The predicted molar refractivity (Wildman–Crippen MR) is 109 cm³/mol. The quantitative estimate of drug-likeness (QED) is 0.137. The van der Waals surface area contributed by atoms with Crippen molar-refractivity contribution in [3.8, 4) is 5.75 Å². The first-order valence-electron chi connectivity index (χ1n) is 7.52. The van der Waals surface area contributed by atoms with Crippen LogP contribution >= 0.6 is 36.2 Å². The molecule has 0 bridgehead atoms. The number of nitrogens with zero attached hydrogens (tertiary/aromatic N) is 2. The zero-order chi connectivity index (χ0) is 20.5. The van der Waals surface area contributed by atoms with Gasteiger partial charge in [0.05, 0.1) is 5.56 Å². The van der Waals surface area contributed by atoms with Gasteiger partial charge in [-0.1, -0.05) is 23.5 Å². The zero-order valence-corrected chi connectivity index (χ0v) is 16.6. The van der Waals surface area contributed by atoms with Gasteiger partial charge < -0.3 is 15.3 Å². The maximum atomic E-state index is 11.9. The van der Waals surface area contributed by atoms with Crippen LogP contribution in [-0.2, 0) is 11.4 Å². The number of H-pyrrole nitrogens is 1. The van der Waals surface area contributed by atoms with Crippen LogP contribution in [0.25, 0.3) is 0 Å². The fourth-order valence-corrected chi connectivity index (χ4v) is 2.61. The Morgan fingerprint density at radius 1 is 1.25 bits per heavy atom. The number of esters is 1. The van der Waals surface area contributed by atoms with Crippen molar-refractivity contribution >= 4 is 47.3 Å².